The van der Waals surface area contributed by atoms with Gasteiger partial charge in [-0.3, -0.25) is 9.59 Å². The maximum atomic E-state index is 12.8. The lowest BCUT2D eigenvalue weighted by Crippen LogP contribution is -2.43. The second kappa shape index (κ2) is 9.72. The van der Waals surface area contributed by atoms with Crippen LogP contribution in [0.4, 0.5) is 0 Å². The number of nitrogens with one attached hydrogen (secondary N) is 1. The van der Waals surface area contributed by atoms with Crippen LogP contribution in [0, 0.1) is 5.92 Å². The van der Waals surface area contributed by atoms with E-state index in [1.54, 1.807) is 11.3 Å². The molecule has 4 rings (SSSR count). The van der Waals surface area contributed by atoms with Crippen molar-refractivity contribution in [1.29, 1.82) is 0 Å². The molecule has 1 aromatic heterocycles. The molecule has 0 atom stereocenters. The van der Waals surface area contributed by atoms with Crippen molar-refractivity contribution in [3.8, 4) is 10.4 Å². The standard InChI is InChI=1S/C25H26N2O2S/c28-24(26-15-12-19-5-2-1-3-6-19)21-13-16-27(17-14-21)25(29)22-10-8-20(9-11-22)23-7-4-18-30-23/h1-11,18,21H,12-17H2,(H,26,28). The van der Waals surface area contributed by atoms with Gasteiger partial charge < -0.3 is 10.2 Å². The van der Waals surface area contributed by atoms with Crippen molar-refractivity contribution < 1.29 is 9.59 Å². The molecule has 0 radical (unpaired) electrons. The van der Waals surface area contributed by atoms with E-state index < -0.39 is 0 Å². The Hall–Kier alpha value is -2.92. The fraction of sp³-hybridized carbons (Fsp3) is 0.280. The smallest absolute Gasteiger partial charge is 0.253 e. The van der Waals surface area contributed by atoms with Crippen LogP contribution in [-0.4, -0.2) is 36.3 Å². The van der Waals surface area contributed by atoms with Gasteiger partial charge in [0, 0.05) is 36.0 Å². The van der Waals surface area contributed by atoms with Gasteiger partial charge in [0.05, 0.1) is 0 Å². The van der Waals surface area contributed by atoms with Gasteiger partial charge in [-0.25, -0.2) is 0 Å². The highest BCUT2D eigenvalue weighted by molar-refractivity contribution is 7.13. The fourth-order valence-electron chi connectivity index (χ4n) is 3.87. The molecule has 3 aromatic rings. The second-order valence-electron chi connectivity index (χ2n) is 7.65. The van der Waals surface area contributed by atoms with Crippen LogP contribution in [0.5, 0.6) is 0 Å². The van der Waals surface area contributed by atoms with Gasteiger partial charge in [0.25, 0.3) is 5.91 Å². The van der Waals surface area contributed by atoms with Gasteiger partial charge in [-0.2, -0.15) is 0 Å². The molecule has 2 heterocycles. The molecule has 1 fully saturated rings. The number of rotatable bonds is 6. The molecule has 0 bridgehead atoms. The van der Waals surface area contributed by atoms with Crippen molar-refractivity contribution in [3.63, 3.8) is 0 Å². The molecule has 4 nitrogen and oxygen atoms in total. The Labute approximate surface area is 181 Å². The maximum absolute atomic E-state index is 12.8. The van der Waals surface area contributed by atoms with E-state index in [2.05, 4.69) is 28.9 Å². The number of carbonyl (C=O) groups is 2. The SMILES string of the molecule is O=C(NCCc1ccccc1)C1CCN(C(=O)c2ccc(-c3cccs3)cc2)CC1. The third-order valence-corrected chi connectivity index (χ3v) is 6.57. The Balaban J connectivity index is 1.24. The minimum atomic E-state index is -0.00831. The lowest BCUT2D eigenvalue weighted by molar-refractivity contribution is -0.126. The lowest BCUT2D eigenvalue weighted by atomic mass is 9.95. The summed E-state index contributed by atoms with van der Waals surface area (Å²) in [5.74, 6) is 0.153. The van der Waals surface area contributed by atoms with E-state index >= 15 is 0 Å². The lowest BCUT2D eigenvalue weighted by Gasteiger charge is -2.31. The van der Waals surface area contributed by atoms with Crippen molar-refractivity contribution in [2.75, 3.05) is 19.6 Å². The summed E-state index contributed by atoms with van der Waals surface area (Å²) in [7, 11) is 0. The zero-order valence-electron chi connectivity index (χ0n) is 16.9. The third-order valence-electron chi connectivity index (χ3n) is 5.65. The van der Waals surface area contributed by atoms with Gasteiger partial charge in [0.1, 0.15) is 0 Å². The van der Waals surface area contributed by atoms with Crippen LogP contribution < -0.4 is 5.32 Å². The largest absolute Gasteiger partial charge is 0.356 e. The average Bonchev–Trinajstić information content (AvgIpc) is 3.34. The molecule has 0 spiro atoms. The number of amides is 2. The summed E-state index contributed by atoms with van der Waals surface area (Å²) in [4.78, 5) is 28.4. The van der Waals surface area contributed by atoms with Gasteiger partial charge in [-0.05, 0) is 54.0 Å². The van der Waals surface area contributed by atoms with E-state index in [1.807, 2.05) is 53.4 Å². The first-order chi connectivity index (χ1) is 14.7. The highest BCUT2D eigenvalue weighted by Crippen LogP contribution is 2.25. The molecular weight excluding hydrogens is 392 g/mol. The monoisotopic (exact) mass is 418 g/mol. The average molecular weight is 419 g/mol. The number of hydrogen-bond donors (Lipinski definition) is 1. The van der Waals surface area contributed by atoms with Gasteiger partial charge in [0.15, 0.2) is 0 Å². The van der Waals surface area contributed by atoms with E-state index in [4.69, 9.17) is 0 Å². The number of carbonyl (C=O) groups excluding carboxylic acids is 2. The van der Waals surface area contributed by atoms with Crippen molar-refractivity contribution in [1.82, 2.24) is 10.2 Å². The molecule has 1 N–H and O–H groups in total. The first-order valence-corrected chi connectivity index (χ1v) is 11.3. The normalized spacial score (nSPS) is 14.5. The second-order valence-corrected chi connectivity index (χ2v) is 8.60. The molecule has 1 aliphatic heterocycles. The molecule has 154 valence electrons. The number of likely N-dealkylation sites (tertiary alicyclic amines) is 1. The summed E-state index contributed by atoms with van der Waals surface area (Å²) >= 11 is 1.69. The number of benzene rings is 2. The fourth-order valence-corrected chi connectivity index (χ4v) is 4.60. The molecule has 30 heavy (non-hydrogen) atoms. The Morgan fingerprint density at radius 2 is 1.67 bits per heavy atom. The summed E-state index contributed by atoms with van der Waals surface area (Å²) in [5, 5.41) is 5.11. The summed E-state index contributed by atoms with van der Waals surface area (Å²) in [5.41, 5.74) is 3.07. The molecule has 0 saturated carbocycles. The highest BCUT2D eigenvalue weighted by Gasteiger charge is 2.27. The molecule has 5 heteroatoms. The first-order valence-electron chi connectivity index (χ1n) is 10.5. The predicted molar refractivity (Wildman–Crippen MR) is 122 cm³/mol. The van der Waals surface area contributed by atoms with Crippen LogP contribution >= 0.6 is 11.3 Å². The highest BCUT2D eigenvalue weighted by atomic mass is 32.1. The predicted octanol–water partition coefficient (Wildman–Crippen LogP) is 4.63. The summed E-state index contributed by atoms with van der Waals surface area (Å²) in [6, 6.07) is 22.1. The van der Waals surface area contributed by atoms with Gasteiger partial charge in [-0.1, -0.05) is 48.5 Å². The summed E-state index contributed by atoms with van der Waals surface area (Å²) in [6.07, 6.45) is 2.28. The Bertz CT molecular complexity index is 960. The van der Waals surface area contributed by atoms with Crippen LogP contribution in [0.2, 0.25) is 0 Å². The van der Waals surface area contributed by atoms with Crippen molar-refractivity contribution in [2.24, 2.45) is 5.92 Å². The van der Waals surface area contributed by atoms with Crippen LogP contribution in [0.3, 0.4) is 0 Å². The molecular formula is C25H26N2O2S. The molecule has 2 amide bonds. The first kappa shape index (κ1) is 20.4. The van der Waals surface area contributed by atoms with Crippen molar-refractivity contribution in [2.45, 2.75) is 19.3 Å². The van der Waals surface area contributed by atoms with Gasteiger partial charge in [0.2, 0.25) is 5.91 Å². The molecule has 1 aliphatic rings. The summed E-state index contributed by atoms with van der Waals surface area (Å²) in [6.45, 7) is 1.91. The van der Waals surface area contributed by atoms with Crippen molar-refractivity contribution in [3.05, 3.63) is 83.2 Å². The minimum absolute atomic E-state index is 0.00831. The molecule has 2 aromatic carbocycles. The maximum Gasteiger partial charge on any atom is 0.253 e. The Kier molecular flexibility index (Phi) is 6.60. The van der Waals surface area contributed by atoms with E-state index in [-0.39, 0.29) is 17.7 Å². The number of piperidine rings is 1. The number of nitrogens with zero attached hydrogens (tertiary/aromatic N) is 1. The van der Waals surface area contributed by atoms with Crippen LogP contribution in [0.1, 0.15) is 28.8 Å². The topological polar surface area (TPSA) is 49.4 Å². The van der Waals surface area contributed by atoms with E-state index in [1.165, 1.54) is 10.4 Å². The Morgan fingerprint density at radius 1 is 0.933 bits per heavy atom. The molecule has 0 aliphatic carbocycles. The van der Waals surface area contributed by atoms with Crippen LogP contribution in [0.25, 0.3) is 10.4 Å². The van der Waals surface area contributed by atoms with Crippen molar-refractivity contribution >= 4 is 23.2 Å². The molecule has 0 unspecified atom stereocenters. The number of hydrogen-bond acceptors (Lipinski definition) is 3. The third kappa shape index (κ3) is 4.97. The summed E-state index contributed by atoms with van der Waals surface area (Å²) < 4.78 is 0. The quantitative estimate of drug-likeness (QED) is 0.635. The zero-order valence-corrected chi connectivity index (χ0v) is 17.7. The Morgan fingerprint density at radius 3 is 2.33 bits per heavy atom. The van der Waals surface area contributed by atoms with Crippen LogP contribution in [-0.2, 0) is 11.2 Å². The van der Waals surface area contributed by atoms with E-state index in [9.17, 15) is 9.59 Å². The van der Waals surface area contributed by atoms with Crippen LogP contribution in [0.15, 0.2) is 72.1 Å². The number of thiophene rings is 1. The van der Waals surface area contributed by atoms with E-state index in [0.29, 0.717) is 25.2 Å². The molecule has 1 saturated heterocycles. The minimum Gasteiger partial charge on any atom is -0.356 e. The van der Waals surface area contributed by atoms with E-state index in [0.717, 1.165) is 24.8 Å². The van der Waals surface area contributed by atoms with Gasteiger partial charge in [-0.15, -0.1) is 11.3 Å². The van der Waals surface area contributed by atoms with Gasteiger partial charge >= 0.3 is 0 Å². The zero-order chi connectivity index (χ0) is 20.8.